The van der Waals surface area contributed by atoms with Gasteiger partial charge in [0.05, 0.1) is 5.69 Å². The van der Waals surface area contributed by atoms with Crippen molar-refractivity contribution >= 4 is 17.5 Å². The molecule has 3 rings (SSSR count). The van der Waals surface area contributed by atoms with E-state index in [0.717, 1.165) is 37.7 Å². The summed E-state index contributed by atoms with van der Waals surface area (Å²) in [5.74, 6) is 1.01. The highest BCUT2D eigenvalue weighted by Crippen LogP contribution is 2.21. The molecule has 0 amide bonds. The number of nitrogens with zero attached hydrogens (tertiary/aromatic N) is 4. The van der Waals surface area contributed by atoms with E-state index in [9.17, 15) is 4.39 Å². The molecule has 116 valence electrons. The maximum atomic E-state index is 13.7. The second kappa shape index (κ2) is 6.27. The van der Waals surface area contributed by atoms with Gasteiger partial charge in [-0.15, -0.1) is 0 Å². The predicted molar refractivity (Wildman–Crippen MR) is 86.2 cm³/mol. The van der Waals surface area contributed by atoms with Crippen LogP contribution in [0.5, 0.6) is 0 Å². The molecule has 0 bridgehead atoms. The summed E-state index contributed by atoms with van der Waals surface area (Å²) in [5, 5.41) is 2.97. The molecule has 1 aliphatic heterocycles. The fourth-order valence-corrected chi connectivity index (χ4v) is 2.49. The van der Waals surface area contributed by atoms with Crippen LogP contribution in [0.15, 0.2) is 30.3 Å². The van der Waals surface area contributed by atoms with Gasteiger partial charge in [0, 0.05) is 37.9 Å². The number of benzene rings is 1. The Morgan fingerprint density at radius 2 is 1.82 bits per heavy atom. The monoisotopic (exact) mass is 301 g/mol. The first-order valence-electron chi connectivity index (χ1n) is 7.42. The van der Waals surface area contributed by atoms with Gasteiger partial charge in [-0.05, 0) is 26.1 Å². The van der Waals surface area contributed by atoms with Crippen LogP contribution in [0.1, 0.15) is 5.69 Å². The van der Waals surface area contributed by atoms with Gasteiger partial charge in [0.1, 0.15) is 11.6 Å². The van der Waals surface area contributed by atoms with Gasteiger partial charge in [0.15, 0.2) is 0 Å². The first-order chi connectivity index (χ1) is 10.6. The van der Waals surface area contributed by atoms with Crippen LogP contribution in [0.2, 0.25) is 0 Å². The summed E-state index contributed by atoms with van der Waals surface area (Å²) < 4.78 is 13.7. The molecule has 0 atom stereocenters. The van der Waals surface area contributed by atoms with Gasteiger partial charge in [-0.25, -0.2) is 9.37 Å². The number of anilines is 3. The Morgan fingerprint density at radius 1 is 1.09 bits per heavy atom. The molecule has 1 saturated heterocycles. The van der Waals surface area contributed by atoms with Gasteiger partial charge in [0.2, 0.25) is 5.95 Å². The van der Waals surface area contributed by atoms with E-state index in [1.54, 1.807) is 18.2 Å². The molecule has 6 heteroatoms. The number of piperazine rings is 1. The molecular weight excluding hydrogens is 281 g/mol. The van der Waals surface area contributed by atoms with Crippen molar-refractivity contribution in [3.63, 3.8) is 0 Å². The van der Waals surface area contributed by atoms with Crippen LogP contribution in [-0.4, -0.2) is 48.1 Å². The zero-order valence-corrected chi connectivity index (χ0v) is 12.9. The molecule has 2 aromatic rings. The highest BCUT2D eigenvalue weighted by molar-refractivity contribution is 5.56. The number of hydrogen-bond donors (Lipinski definition) is 1. The van der Waals surface area contributed by atoms with Gasteiger partial charge in [-0.3, -0.25) is 0 Å². The minimum absolute atomic E-state index is 0.311. The number of para-hydroxylation sites is 1. The molecule has 1 fully saturated rings. The van der Waals surface area contributed by atoms with E-state index in [1.165, 1.54) is 6.07 Å². The van der Waals surface area contributed by atoms with Gasteiger partial charge in [-0.1, -0.05) is 12.1 Å². The standard InChI is InChI=1S/C16H20FN5/c1-12-11-15(22-9-7-21(2)8-10-22)20-16(18-12)19-14-6-4-3-5-13(14)17/h3-6,11H,7-10H2,1-2H3,(H,18,19,20). The van der Waals surface area contributed by atoms with E-state index in [-0.39, 0.29) is 5.82 Å². The Balaban J connectivity index is 1.82. The summed E-state index contributed by atoms with van der Waals surface area (Å²) in [6.07, 6.45) is 0. The third kappa shape index (κ3) is 3.33. The fourth-order valence-electron chi connectivity index (χ4n) is 2.49. The van der Waals surface area contributed by atoms with E-state index in [4.69, 9.17) is 0 Å². The van der Waals surface area contributed by atoms with E-state index in [2.05, 4.69) is 32.1 Å². The number of nitrogens with one attached hydrogen (secondary N) is 1. The Bertz CT molecular complexity index is 653. The summed E-state index contributed by atoms with van der Waals surface area (Å²) in [5.41, 5.74) is 1.25. The largest absolute Gasteiger partial charge is 0.354 e. The Hall–Kier alpha value is -2.21. The number of hydrogen-bond acceptors (Lipinski definition) is 5. The SMILES string of the molecule is Cc1cc(N2CCN(C)CC2)nc(Nc2ccccc2F)n1. The van der Waals surface area contributed by atoms with Crippen LogP contribution in [0, 0.1) is 12.7 Å². The summed E-state index contributed by atoms with van der Waals surface area (Å²) in [7, 11) is 2.12. The van der Waals surface area contributed by atoms with Crippen LogP contribution in [0.25, 0.3) is 0 Å². The zero-order valence-electron chi connectivity index (χ0n) is 12.9. The predicted octanol–water partition coefficient (Wildman–Crippen LogP) is 2.42. The number of likely N-dealkylation sites (N-methyl/N-ethyl adjacent to an activating group) is 1. The second-order valence-electron chi connectivity index (χ2n) is 5.59. The lowest BCUT2D eigenvalue weighted by Gasteiger charge is -2.33. The number of aromatic nitrogens is 2. The Kier molecular flexibility index (Phi) is 4.20. The highest BCUT2D eigenvalue weighted by Gasteiger charge is 2.16. The van der Waals surface area contributed by atoms with Crippen LogP contribution in [-0.2, 0) is 0 Å². The molecule has 1 N–H and O–H groups in total. The van der Waals surface area contributed by atoms with E-state index < -0.39 is 0 Å². The van der Waals surface area contributed by atoms with E-state index in [1.807, 2.05) is 13.0 Å². The van der Waals surface area contributed by atoms with Crippen molar-refractivity contribution < 1.29 is 4.39 Å². The summed E-state index contributed by atoms with van der Waals surface area (Å²) in [6, 6.07) is 8.50. The van der Waals surface area contributed by atoms with Crippen molar-refractivity contribution in [3.05, 3.63) is 41.8 Å². The molecule has 0 spiro atoms. The van der Waals surface area contributed by atoms with Crippen molar-refractivity contribution in [1.82, 2.24) is 14.9 Å². The molecule has 0 saturated carbocycles. The third-order valence-electron chi connectivity index (χ3n) is 3.79. The third-order valence-corrected chi connectivity index (χ3v) is 3.79. The minimum Gasteiger partial charge on any atom is -0.354 e. The van der Waals surface area contributed by atoms with Gasteiger partial charge in [0.25, 0.3) is 0 Å². The quantitative estimate of drug-likeness (QED) is 0.943. The van der Waals surface area contributed by atoms with Crippen molar-refractivity contribution in [2.24, 2.45) is 0 Å². The zero-order chi connectivity index (χ0) is 15.5. The summed E-state index contributed by atoms with van der Waals surface area (Å²) in [4.78, 5) is 13.4. The smallest absolute Gasteiger partial charge is 0.229 e. The van der Waals surface area contributed by atoms with Crippen LogP contribution >= 0.6 is 0 Å². The first-order valence-corrected chi connectivity index (χ1v) is 7.42. The lowest BCUT2D eigenvalue weighted by molar-refractivity contribution is 0.312. The summed E-state index contributed by atoms with van der Waals surface area (Å²) in [6.45, 7) is 5.82. The topological polar surface area (TPSA) is 44.3 Å². The van der Waals surface area contributed by atoms with Crippen LogP contribution in [0.4, 0.5) is 21.8 Å². The van der Waals surface area contributed by atoms with Crippen molar-refractivity contribution in [1.29, 1.82) is 0 Å². The molecule has 22 heavy (non-hydrogen) atoms. The average molecular weight is 301 g/mol. The molecule has 0 unspecified atom stereocenters. The van der Waals surface area contributed by atoms with Gasteiger partial charge < -0.3 is 15.1 Å². The molecular formula is C16H20FN5. The maximum Gasteiger partial charge on any atom is 0.229 e. The number of aryl methyl sites for hydroxylation is 1. The molecule has 1 aromatic heterocycles. The highest BCUT2D eigenvalue weighted by atomic mass is 19.1. The molecule has 0 radical (unpaired) electrons. The van der Waals surface area contributed by atoms with Crippen molar-refractivity contribution in [2.75, 3.05) is 43.4 Å². The van der Waals surface area contributed by atoms with E-state index in [0.29, 0.717) is 11.6 Å². The normalized spacial score (nSPS) is 15.9. The first kappa shape index (κ1) is 14.7. The van der Waals surface area contributed by atoms with Crippen molar-refractivity contribution in [3.8, 4) is 0 Å². The van der Waals surface area contributed by atoms with Crippen molar-refractivity contribution in [2.45, 2.75) is 6.92 Å². The molecule has 2 heterocycles. The van der Waals surface area contributed by atoms with Gasteiger partial charge >= 0.3 is 0 Å². The van der Waals surface area contributed by atoms with Gasteiger partial charge in [-0.2, -0.15) is 4.98 Å². The maximum absolute atomic E-state index is 13.7. The van der Waals surface area contributed by atoms with Crippen LogP contribution < -0.4 is 10.2 Å². The molecule has 0 aliphatic carbocycles. The van der Waals surface area contributed by atoms with Crippen LogP contribution in [0.3, 0.4) is 0 Å². The number of halogens is 1. The minimum atomic E-state index is -0.311. The lowest BCUT2D eigenvalue weighted by atomic mass is 10.3. The molecule has 1 aliphatic rings. The Morgan fingerprint density at radius 3 is 2.55 bits per heavy atom. The average Bonchev–Trinajstić information content (AvgIpc) is 2.50. The molecule has 1 aromatic carbocycles. The summed E-state index contributed by atoms with van der Waals surface area (Å²) >= 11 is 0. The second-order valence-corrected chi connectivity index (χ2v) is 5.59. The fraction of sp³-hybridized carbons (Fsp3) is 0.375. The molecule has 5 nitrogen and oxygen atoms in total. The number of rotatable bonds is 3. The Labute approximate surface area is 129 Å². The van der Waals surface area contributed by atoms with E-state index >= 15 is 0 Å². The lowest BCUT2D eigenvalue weighted by Crippen LogP contribution is -2.44.